The van der Waals surface area contributed by atoms with E-state index in [1.807, 2.05) is 18.2 Å². The Morgan fingerprint density at radius 2 is 2.20 bits per heavy atom. The molecule has 0 unspecified atom stereocenters. The molecule has 0 amide bonds. The fourth-order valence-corrected chi connectivity index (χ4v) is 1.82. The molecule has 0 saturated carbocycles. The number of aryl methyl sites for hydroxylation is 2. The molecule has 0 aliphatic rings. The van der Waals surface area contributed by atoms with Gasteiger partial charge in [0.25, 0.3) is 0 Å². The molecule has 0 N–H and O–H groups in total. The van der Waals surface area contributed by atoms with Crippen molar-refractivity contribution in [1.29, 1.82) is 0 Å². The summed E-state index contributed by atoms with van der Waals surface area (Å²) in [6, 6.07) is 8.19. The molecule has 76 valence electrons. The predicted octanol–water partition coefficient (Wildman–Crippen LogP) is 2.62. The molecule has 2 nitrogen and oxygen atoms in total. The number of benzene rings is 1. The number of para-hydroxylation sites is 2. The Bertz CT molecular complexity index is 503. The summed E-state index contributed by atoms with van der Waals surface area (Å²) < 4.78 is 2.22. The van der Waals surface area contributed by atoms with E-state index < -0.39 is 0 Å². The molecule has 1 aromatic carbocycles. The van der Waals surface area contributed by atoms with E-state index in [2.05, 4.69) is 28.5 Å². The summed E-state index contributed by atoms with van der Waals surface area (Å²) in [5.41, 5.74) is 2.25. The summed E-state index contributed by atoms with van der Waals surface area (Å²) in [5, 5.41) is 0. The van der Waals surface area contributed by atoms with Crippen LogP contribution < -0.4 is 0 Å². The lowest BCUT2D eigenvalue weighted by Gasteiger charge is -2.04. The third-order valence-corrected chi connectivity index (χ3v) is 2.53. The van der Waals surface area contributed by atoms with Gasteiger partial charge in [0, 0.05) is 19.4 Å². The maximum atomic E-state index is 5.30. The minimum Gasteiger partial charge on any atom is -0.327 e. The van der Waals surface area contributed by atoms with Gasteiger partial charge < -0.3 is 4.57 Å². The normalized spacial score (nSPS) is 10.4. The van der Waals surface area contributed by atoms with Crippen LogP contribution >= 0.6 is 0 Å². The van der Waals surface area contributed by atoms with Crippen LogP contribution in [0.15, 0.2) is 24.3 Å². The first kappa shape index (κ1) is 9.79. The zero-order valence-electron chi connectivity index (χ0n) is 8.90. The predicted molar refractivity (Wildman–Crippen MR) is 62.6 cm³/mol. The second-order valence-corrected chi connectivity index (χ2v) is 3.48. The van der Waals surface area contributed by atoms with Gasteiger partial charge in [0.05, 0.1) is 11.0 Å². The number of aromatic nitrogens is 2. The van der Waals surface area contributed by atoms with Crippen LogP contribution in [0.4, 0.5) is 0 Å². The first-order chi connectivity index (χ1) is 7.36. The Morgan fingerprint density at radius 3 is 2.93 bits per heavy atom. The fourth-order valence-electron chi connectivity index (χ4n) is 1.82. The van der Waals surface area contributed by atoms with Crippen LogP contribution in [-0.4, -0.2) is 9.55 Å². The van der Waals surface area contributed by atoms with Crippen molar-refractivity contribution in [2.24, 2.45) is 0 Å². The molecule has 0 aliphatic heterocycles. The Labute approximate surface area is 89.9 Å². The zero-order chi connectivity index (χ0) is 10.7. The number of fused-ring (bicyclic) bond motifs is 1. The Balaban J connectivity index is 2.52. The average molecular weight is 198 g/mol. The van der Waals surface area contributed by atoms with Gasteiger partial charge in [-0.2, -0.15) is 0 Å². The molecule has 0 radical (unpaired) electrons. The lowest BCUT2D eigenvalue weighted by atomic mass is 10.3. The van der Waals surface area contributed by atoms with Gasteiger partial charge in [0.15, 0.2) is 0 Å². The molecule has 2 aromatic rings. The van der Waals surface area contributed by atoms with Gasteiger partial charge in [0.2, 0.25) is 0 Å². The molecule has 15 heavy (non-hydrogen) atoms. The highest BCUT2D eigenvalue weighted by molar-refractivity contribution is 5.75. The van der Waals surface area contributed by atoms with E-state index in [-0.39, 0.29) is 0 Å². The summed E-state index contributed by atoms with van der Waals surface area (Å²) in [7, 11) is 0. The molecule has 0 aliphatic carbocycles. The Kier molecular flexibility index (Phi) is 2.73. The SMILES string of the molecule is C#CCCn1c(CC)nc2ccccc21. The van der Waals surface area contributed by atoms with E-state index in [1.54, 1.807) is 0 Å². The van der Waals surface area contributed by atoms with Crippen LogP contribution in [-0.2, 0) is 13.0 Å². The third-order valence-electron chi connectivity index (χ3n) is 2.53. The molecule has 0 atom stereocenters. The molecular formula is C13H14N2. The Morgan fingerprint density at radius 1 is 1.40 bits per heavy atom. The van der Waals surface area contributed by atoms with Gasteiger partial charge in [-0.25, -0.2) is 4.98 Å². The van der Waals surface area contributed by atoms with Crippen LogP contribution in [0.1, 0.15) is 19.2 Å². The second-order valence-electron chi connectivity index (χ2n) is 3.48. The zero-order valence-corrected chi connectivity index (χ0v) is 8.90. The monoisotopic (exact) mass is 198 g/mol. The number of hydrogen-bond acceptors (Lipinski definition) is 1. The molecular weight excluding hydrogens is 184 g/mol. The second kappa shape index (κ2) is 4.18. The number of rotatable bonds is 3. The first-order valence-electron chi connectivity index (χ1n) is 5.24. The van der Waals surface area contributed by atoms with Crippen LogP contribution in [0, 0.1) is 12.3 Å². The van der Waals surface area contributed by atoms with Gasteiger partial charge >= 0.3 is 0 Å². The molecule has 2 rings (SSSR count). The van der Waals surface area contributed by atoms with E-state index in [4.69, 9.17) is 6.42 Å². The maximum Gasteiger partial charge on any atom is 0.109 e. The van der Waals surface area contributed by atoms with E-state index in [1.165, 1.54) is 5.52 Å². The van der Waals surface area contributed by atoms with Crippen molar-refractivity contribution in [2.45, 2.75) is 26.3 Å². The number of terminal acetylenes is 1. The van der Waals surface area contributed by atoms with Gasteiger partial charge in [-0.1, -0.05) is 19.1 Å². The van der Waals surface area contributed by atoms with Gasteiger partial charge in [0.1, 0.15) is 5.82 Å². The van der Waals surface area contributed by atoms with Gasteiger partial charge in [-0.3, -0.25) is 0 Å². The molecule has 1 aromatic heterocycles. The standard InChI is InChI=1S/C13H14N2/c1-3-5-10-15-12-9-7-6-8-11(12)14-13(15)4-2/h1,6-9H,4-5,10H2,2H3. The van der Waals surface area contributed by atoms with Crippen molar-refractivity contribution < 1.29 is 0 Å². The average Bonchev–Trinajstić information content (AvgIpc) is 2.64. The quantitative estimate of drug-likeness (QED) is 0.693. The lowest BCUT2D eigenvalue weighted by Crippen LogP contribution is -2.02. The molecule has 0 bridgehead atoms. The maximum absolute atomic E-state index is 5.30. The van der Waals surface area contributed by atoms with Crippen molar-refractivity contribution in [2.75, 3.05) is 0 Å². The molecule has 2 heteroatoms. The smallest absolute Gasteiger partial charge is 0.109 e. The van der Waals surface area contributed by atoms with Crippen molar-refractivity contribution >= 4 is 11.0 Å². The van der Waals surface area contributed by atoms with E-state index in [0.29, 0.717) is 0 Å². The summed E-state index contributed by atoms with van der Waals surface area (Å²) >= 11 is 0. The van der Waals surface area contributed by atoms with Crippen molar-refractivity contribution in [3.63, 3.8) is 0 Å². The van der Waals surface area contributed by atoms with Crippen LogP contribution in [0.5, 0.6) is 0 Å². The van der Waals surface area contributed by atoms with Gasteiger partial charge in [-0.15, -0.1) is 12.3 Å². The number of nitrogens with zero attached hydrogens (tertiary/aromatic N) is 2. The number of hydrogen-bond donors (Lipinski definition) is 0. The molecule has 1 heterocycles. The van der Waals surface area contributed by atoms with E-state index in [9.17, 15) is 0 Å². The fraction of sp³-hybridized carbons (Fsp3) is 0.308. The summed E-state index contributed by atoms with van der Waals surface area (Å²) in [6.07, 6.45) is 7.00. The molecule has 0 spiro atoms. The molecule has 0 fully saturated rings. The highest BCUT2D eigenvalue weighted by atomic mass is 15.1. The van der Waals surface area contributed by atoms with E-state index in [0.717, 1.165) is 30.7 Å². The highest BCUT2D eigenvalue weighted by Gasteiger charge is 2.07. The summed E-state index contributed by atoms with van der Waals surface area (Å²) in [6.45, 7) is 2.98. The summed E-state index contributed by atoms with van der Waals surface area (Å²) in [5.74, 6) is 3.79. The number of imidazole rings is 1. The van der Waals surface area contributed by atoms with Crippen molar-refractivity contribution in [1.82, 2.24) is 9.55 Å². The minimum atomic E-state index is 0.757. The van der Waals surface area contributed by atoms with Gasteiger partial charge in [-0.05, 0) is 12.1 Å². The van der Waals surface area contributed by atoms with Crippen molar-refractivity contribution in [3.8, 4) is 12.3 Å². The van der Waals surface area contributed by atoms with Crippen LogP contribution in [0.3, 0.4) is 0 Å². The topological polar surface area (TPSA) is 17.8 Å². The van der Waals surface area contributed by atoms with E-state index >= 15 is 0 Å². The highest BCUT2D eigenvalue weighted by Crippen LogP contribution is 2.16. The molecule has 0 saturated heterocycles. The third kappa shape index (κ3) is 1.73. The summed E-state index contributed by atoms with van der Waals surface area (Å²) in [4.78, 5) is 4.58. The Hall–Kier alpha value is -1.75. The van der Waals surface area contributed by atoms with Crippen LogP contribution in [0.2, 0.25) is 0 Å². The lowest BCUT2D eigenvalue weighted by molar-refractivity contribution is 0.692. The van der Waals surface area contributed by atoms with Crippen LogP contribution in [0.25, 0.3) is 11.0 Å². The first-order valence-corrected chi connectivity index (χ1v) is 5.24. The van der Waals surface area contributed by atoms with Crippen molar-refractivity contribution in [3.05, 3.63) is 30.1 Å². The largest absolute Gasteiger partial charge is 0.327 e. The minimum absolute atomic E-state index is 0.757.